The van der Waals surface area contributed by atoms with E-state index in [0.29, 0.717) is 43.6 Å². The third kappa shape index (κ3) is 5.31. The topological polar surface area (TPSA) is 102 Å². The fourth-order valence-electron chi connectivity index (χ4n) is 4.31. The first-order valence-corrected chi connectivity index (χ1v) is 14.6. The number of carbonyl (C=O) groups excluding carboxylic acids is 1. The molecule has 3 aromatic carbocycles. The lowest BCUT2D eigenvalue weighted by Gasteiger charge is -2.17. The smallest absolute Gasteiger partial charge is 0.257 e. The van der Waals surface area contributed by atoms with Crippen LogP contribution in [0.1, 0.15) is 36.7 Å². The molecule has 0 atom stereocenters. The lowest BCUT2D eigenvalue weighted by atomic mass is 9.94. The van der Waals surface area contributed by atoms with Crippen LogP contribution in [0.2, 0.25) is 15.1 Å². The van der Waals surface area contributed by atoms with Gasteiger partial charge in [0.05, 0.1) is 22.5 Å². The van der Waals surface area contributed by atoms with E-state index in [1.54, 1.807) is 55.5 Å². The number of hydrogen-bond acceptors (Lipinski definition) is 6. The third-order valence-corrected chi connectivity index (χ3v) is 9.13. The van der Waals surface area contributed by atoms with Crippen molar-refractivity contribution in [1.82, 2.24) is 10.1 Å². The Bertz CT molecular complexity index is 1590. The fourth-order valence-corrected chi connectivity index (χ4v) is 6.17. The summed E-state index contributed by atoms with van der Waals surface area (Å²) in [7, 11) is -3.30. The van der Waals surface area contributed by atoms with Gasteiger partial charge in [0.1, 0.15) is 0 Å². The predicted molar refractivity (Wildman–Crippen MR) is 148 cm³/mol. The number of amides is 1. The molecule has 0 bridgehead atoms. The molecular weight excluding hydrogens is 569 g/mol. The zero-order valence-electron chi connectivity index (χ0n) is 20.2. The van der Waals surface area contributed by atoms with Gasteiger partial charge in [-0.1, -0.05) is 59.0 Å². The highest BCUT2D eigenvalue weighted by Gasteiger charge is 2.52. The summed E-state index contributed by atoms with van der Waals surface area (Å²) in [5.74, 6) is 0.598. The molecule has 1 N–H and O–H groups in total. The first-order chi connectivity index (χ1) is 18.1. The molecular formula is C27H22Cl3N3O4S. The molecule has 4 aromatic rings. The van der Waals surface area contributed by atoms with Crippen molar-refractivity contribution in [2.45, 2.75) is 36.5 Å². The Morgan fingerprint density at radius 3 is 2.21 bits per heavy atom. The van der Waals surface area contributed by atoms with Gasteiger partial charge in [0.25, 0.3) is 5.89 Å². The highest BCUT2D eigenvalue weighted by molar-refractivity contribution is 7.91. The van der Waals surface area contributed by atoms with Gasteiger partial charge >= 0.3 is 0 Å². The number of nitrogens with zero attached hydrogens (tertiary/aromatic N) is 2. The quantitative estimate of drug-likeness (QED) is 0.243. The Morgan fingerprint density at radius 2 is 1.63 bits per heavy atom. The number of anilines is 1. The first-order valence-electron chi connectivity index (χ1n) is 11.8. The molecule has 7 nitrogen and oxygen atoms in total. The number of sulfone groups is 1. The maximum absolute atomic E-state index is 12.7. The van der Waals surface area contributed by atoms with Gasteiger partial charge in [0.2, 0.25) is 5.91 Å². The van der Waals surface area contributed by atoms with E-state index in [1.807, 2.05) is 0 Å². The van der Waals surface area contributed by atoms with Gasteiger partial charge in [-0.25, -0.2) is 8.42 Å². The summed E-state index contributed by atoms with van der Waals surface area (Å²) in [6, 6.07) is 16.7. The van der Waals surface area contributed by atoms with Crippen LogP contribution in [0.3, 0.4) is 0 Å². The molecule has 1 aliphatic carbocycles. The van der Waals surface area contributed by atoms with Gasteiger partial charge in [-0.15, -0.1) is 0 Å². The maximum Gasteiger partial charge on any atom is 0.257 e. The molecule has 1 heterocycles. The summed E-state index contributed by atoms with van der Waals surface area (Å²) in [5, 5.41) is 8.40. The molecule has 0 unspecified atom stereocenters. The van der Waals surface area contributed by atoms with Crippen LogP contribution in [0, 0.1) is 0 Å². The summed E-state index contributed by atoms with van der Waals surface area (Å²) in [5.41, 5.74) is 2.00. The Hall–Kier alpha value is -2.91. The summed E-state index contributed by atoms with van der Waals surface area (Å²) >= 11 is 19.3. The number of carbonyl (C=O) groups is 1. The Balaban J connectivity index is 1.32. The Kier molecular flexibility index (Phi) is 7.26. The molecule has 1 fully saturated rings. The van der Waals surface area contributed by atoms with Crippen LogP contribution in [0.25, 0.3) is 11.5 Å². The van der Waals surface area contributed by atoms with Crippen molar-refractivity contribution in [2.75, 3.05) is 11.1 Å². The number of nitrogens with one attached hydrogen (secondary N) is 1. The van der Waals surface area contributed by atoms with Gasteiger partial charge in [-0.2, -0.15) is 4.98 Å². The number of hydrogen-bond donors (Lipinski definition) is 1. The first kappa shape index (κ1) is 26.7. The van der Waals surface area contributed by atoms with Crippen LogP contribution < -0.4 is 5.32 Å². The molecule has 1 aromatic heterocycles. The third-order valence-electron chi connectivity index (χ3n) is 6.53. The Morgan fingerprint density at radius 1 is 1.00 bits per heavy atom. The second-order valence-electron chi connectivity index (χ2n) is 9.10. The molecule has 1 aliphatic rings. The number of halogens is 3. The van der Waals surface area contributed by atoms with Crippen LogP contribution in [-0.4, -0.2) is 30.2 Å². The molecule has 0 spiro atoms. The summed E-state index contributed by atoms with van der Waals surface area (Å²) in [6.07, 6.45) is 1.56. The fraction of sp³-hybridized carbons (Fsp3) is 0.222. The number of aromatic nitrogens is 2. The molecule has 0 radical (unpaired) electrons. The van der Waals surface area contributed by atoms with Crippen LogP contribution in [0.4, 0.5) is 5.69 Å². The average Bonchev–Trinajstić information content (AvgIpc) is 3.51. The van der Waals surface area contributed by atoms with E-state index in [1.165, 1.54) is 12.1 Å². The molecule has 0 aliphatic heterocycles. The minimum Gasteiger partial charge on any atom is -0.334 e. The Labute approximate surface area is 235 Å². The summed E-state index contributed by atoms with van der Waals surface area (Å²) in [6.45, 7) is 1.59. The number of rotatable bonds is 8. The van der Waals surface area contributed by atoms with Crippen molar-refractivity contribution in [2.24, 2.45) is 0 Å². The molecule has 5 rings (SSSR count). The zero-order chi connectivity index (χ0) is 27.1. The van der Waals surface area contributed by atoms with E-state index in [0.717, 1.165) is 18.4 Å². The average molecular weight is 591 g/mol. The van der Waals surface area contributed by atoms with Gasteiger partial charge < -0.3 is 9.84 Å². The van der Waals surface area contributed by atoms with E-state index in [-0.39, 0.29) is 23.0 Å². The lowest BCUT2D eigenvalue weighted by Crippen LogP contribution is -2.16. The van der Waals surface area contributed by atoms with E-state index in [2.05, 4.69) is 15.5 Å². The van der Waals surface area contributed by atoms with E-state index < -0.39 is 15.3 Å². The van der Waals surface area contributed by atoms with Crippen molar-refractivity contribution >= 4 is 56.2 Å². The van der Waals surface area contributed by atoms with Crippen molar-refractivity contribution in [3.63, 3.8) is 0 Å². The van der Waals surface area contributed by atoms with Crippen molar-refractivity contribution in [3.8, 4) is 11.5 Å². The highest BCUT2D eigenvalue weighted by Crippen LogP contribution is 2.57. The second kappa shape index (κ2) is 10.3. The normalized spacial score (nSPS) is 14.3. The largest absolute Gasteiger partial charge is 0.334 e. The minimum atomic E-state index is -3.30. The van der Waals surface area contributed by atoms with Gasteiger partial charge in [-0.3, -0.25) is 4.79 Å². The molecule has 1 saturated carbocycles. The van der Waals surface area contributed by atoms with Crippen LogP contribution >= 0.6 is 34.8 Å². The van der Waals surface area contributed by atoms with Crippen molar-refractivity contribution in [3.05, 3.63) is 92.7 Å². The standard InChI is InChI=1S/C27H22Cl3N3O4S/c1-2-38(35,36)20-9-3-16(4-10-20)13-23(34)31-19-14-21(29)24(22(30)15-19)27(11-12-27)26-32-25(37-33-26)17-5-7-18(28)8-6-17/h3-10,14-15H,2,11-13H2,1H3,(H,31,34). The van der Waals surface area contributed by atoms with Gasteiger partial charge in [-0.05, 0) is 66.9 Å². The van der Waals surface area contributed by atoms with Crippen molar-refractivity contribution < 1.29 is 17.7 Å². The molecule has 0 saturated heterocycles. The summed E-state index contributed by atoms with van der Waals surface area (Å²) in [4.78, 5) is 17.5. The van der Waals surface area contributed by atoms with E-state index in [4.69, 9.17) is 39.3 Å². The van der Waals surface area contributed by atoms with Gasteiger partial charge in [0.15, 0.2) is 15.7 Å². The maximum atomic E-state index is 12.7. The van der Waals surface area contributed by atoms with Crippen LogP contribution in [0.5, 0.6) is 0 Å². The molecule has 38 heavy (non-hydrogen) atoms. The zero-order valence-corrected chi connectivity index (χ0v) is 23.3. The number of benzene rings is 3. The SMILES string of the molecule is CCS(=O)(=O)c1ccc(CC(=O)Nc2cc(Cl)c(C3(c4noc(-c5ccc(Cl)cc5)n4)CC3)c(Cl)c2)cc1. The lowest BCUT2D eigenvalue weighted by molar-refractivity contribution is -0.115. The second-order valence-corrected chi connectivity index (χ2v) is 12.6. The highest BCUT2D eigenvalue weighted by atomic mass is 35.5. The monoisotopic (exact) mass is 589 g/mol. The molecule has 1 amide bonds. The van der Waals surface area contributed by atoms with Crippen LogP contribution in [0.15, 0.2) is 70.1 Å². The molecule has 196 valence electrons. The minimum absolute atomic E-state index is 0.0157. The van der Waals surface area contributed by atoms with Crippen LogP contribution in [-0.2, 0) is 26.5 Å². The van der Waals surface area contributed by atoms with E-state index >= 15 is 0 Å². The van der Waals surface area contributed by atoms with Crippen molar-refractivity contribution in [1.29, 1.82) is 0 Å². The van der Waals surface area contributed by atoms with E-state index in [9.17, 15) is 13.2 Å². The predicted octanol–water partition coefficient (Wildman–Crippen LogP) is 6.75. The van der Waals surface area contributed by atoms with Gasteiger partial charge in [0, 0.05) is 31.9 Å². The summed E-state index contributed by atoms with van der Waals surface area (Å²) < 4.78 is 29.5. The molecule has 11 heteroatoms.